The van der Waals surface area contributed by atoms with Gasteiger partial charge in [0.15, 0.2) is 0 Å². The van der Waals surface area contributed by atoms with E-state index in [2.05, 4.69) is 29.8 Å². The monoisotopic (exact) mass is 379 g/mol. The maximum absolute atomic E-state index is 12.7. The third kappa shape index (κ3) is 3.29. The number of sulfonamides is 1. The van der Waals surface area contributed by atoms with Crippen LogP contribution >= 0.6 is 27.3 Å². The lowest BCUT2D eigenvalue weighted by Crippen LogP contribution is -2.40. The Kier molecular flexibility index (Phi) is 4.70. The molecule has 0 N–H and O–H groups in total. The van der Waals surface area contributed by atoms with Crippen molar-refractivity contribution in [3.8, 4) is 0 Å². The summed E-state index contributed by atoms with van der Waals surface area (Å²) in [6.45, 7) is 6.44. The predicted octanol–water partition coefficient (Wildman–Crippen LogP) is 4.41. The van der Waals surface area contributed by atoms with E-state index in [0.29, 0.717) is 9.62 Å². The first kappa shape index (κ1) is 16.5. The Morgan fingerprint density at radius 2 is 1.90 bits per heavy atom. The molecule has 1 aliphatic carbocycles. The first-order valence-corrected chi connectivity index (χ1v) is 9.92. The SMILES string of the molecule is Cc1cc(S(=O)(=O)N(C)C2CCC(C)(C)CC2)sc1Br. The van der Waals surface area contributed by atoms with Gasteiger partial charge >= 0.3 is 0 Å². The van der Waals surface area contributed by atoms with E-state index in [-0.39, 0.29) is 6.04 Å². The fraction of sp³-hybridized carbons (Fsp3) is 0.714. The second kappa shape index (κ2) is 5.71. The Morgan fingerprint density at radius 1 is 1.35 bits per heavy atom. The van der Waals surface area contributed by atoms with Crippen LogP contribution in [-0.4, -0.2) is 25.8 Å². The van der Waals surface area contributed by atoms with Crippen LogP contribution in [0.3, 0.4) is 0 Å². The van der Waals surface area contributed by atoms with Gasteiger partial charge in [0.05, 0.1) is 3.79 Å². The molecule has 0 aliphatic heterocycles. The molecule has 1 fully saturated rings. The predicted molar refractivity (Wildman–Crippen MR) is 87.7 cm³/mol. The van der Waals surface area contributed by atoms with Crippen LogP contribution in [0.4, 0.5) is 0 Å². The number of aryl methyl sites for hydroxylation is 1. The van der Waals surface area contributed by atoms with Crippen molar-refractivity contribution in [3.05, 3.63) is 15.4 Å². The van der Waals surface area contributed by atoms with Crippen molar-refractivity contribution < 1.29 is 8.42 Å². The molecule has 20 heavy (non-hydrogen) atoms. The van der Waals surface area contributed by atoms with E-state index in [4.69, 9.17) is 0 Å². The minimum atomic E-state index is -3.36. The van der Waals surface area contributed by atoms with Gasteiger partial charge in [-0.3, -0.25) is 0 Å². The van der Waals surface area contributed by atoms with Crippen LogP contribution in [0.15, 0.2) is 14.1 Å². The van der Waals surface area contributed by atoms with E-state index in [9.17, 15) is 8.42 Å². The lowest BCUT2D eigenvalue weighted by atomic mass is 9.76. The Morgan fingerprint density at radius 3 is 2.35 bits per heavy atom. The van der Waals surface area contributed by atoms with Gasteiger partial charge in [0.1, 0.15) is 4.21 Å². The zero-order valence-electron chi connectivity index (χ0n) is 12.4. The first-order chi connectivity index (χ1) is 9.13. The van der Waals surface area contributed by atoms with Gasteiger partial charge in [-0.25, -0.2) is 8.42 Å². The van der Waals surface area contributed by atoms with Gasteiger partial charge < -0.3 is 0 Å². The van der Waals surface area contributed by atoms with E-state index in [1.54, 1.807) is 17.4 Å². The first-order valence-electron chi connectivity index (χ1n) is 6.87. The average Bonchev–Trinajstić information content (AvgIpc) is 2.69. The molecule has 0 unspecified atom stereocenters. The van der Waals surface area contributed by atoms with E-state index < -0.39 is 10.0 Å². The van der Waals surface area contributed by atoms with Gasteiger partial charge in [0.25, 0.3) is 10.0 Å². The highest BCUT2D eigenvalue weighted by Crippen LogP contribution is 2.39. The molecule has 0 saturated heterocycles. The molecule has 0 radical (unpaired) electrons. The molecule has 3 nitrogen and oxygen atoms in total. The van der Waals surface area contributed by atoms with Crippen molar-refractivity contribution in [2.45, 2.75) is 56.7 Å². The molecule has 1 aliphatic rings. The zero-order chi connectivity index (χ0) is 15.1. The molecule has 0 atom stereocenters. The Hall–Kier alpha value is 0.0900. The molecule has 0 amide bonds. The van der Waals surface area contributed by atoms with Crippen LogP contribution in [0.2, 0.25) is 0 Å². The summed E-state index contributed by atoms with van der Waals surface area (Å²) in [6.07, 6.45) is 4.08. The summed E-state index contributed by atoms with van der Waals surface area (Å²) in [5.41, 5.74) is 1.33. The third-order valence-corrected chi connectivity index (χ3v) is 8.79. The van der Waals surface area contributed by atoms with Gasteiger partial charge in [-0.05, 0) is 65.6 Å². The Bertz CT molecular complexity index is 563. The number of halogens is 1. The van der Waals surface area contributed by atoms with Crippen LogP contribution in [0.1, 0.15) is 45.1 Å². The number of nitrogens with zero attached hydrogens (tertiary/aromatic N) is 1. The fourth-order valence-corrected chi connectivity index (χ4v) is 6.47. The second-order valence-electron chi connectivity index (χ2n) is 6.44. The molecular formula is C14H22BrNO2S2. The number of hydrogen-bond donors (Lipinski definition) is 0. The van der Waals surface area contributed by atoms with Gasteiger partial charge in [0.2, 0.25) is 0 Å². The number of rotatable bonds is 3. The smallest absolute Gasteiger partial charge is 0.206 e. The van der Waals surface area contributed by atoms with Crippen molar-refractivity contribution in [1.82, 2.24) is 4.31 Å². The van der Waals surface area contributed by atoms with Gasteiger partial charge in [-0.2, -0.15) is 4.31 Å². The van der Waals surface area contributed by atoms with Gasteiger partial charge in [0, 0.05) is 13.1 Å². The van der Waals surface area contributed by atoms with Gasteiger partial charge in [-0.1, -0.05) is 13.8 Å². The maximum Gasteiger partial charge on any atom is 0.252 e. The van der Waals surface area contributed by atoms with Crippen molar-refractivity contribution in [1.29, 1.82) is 0 Å². The van der Waals surface area contributed by atoms with E-state index in [1.165, 1.54) is 11.3 Å². The normalized spacial score (nSPS) is 20.5. The lowest BCUT2D eigenvalue weighted by molar-refractivity contribution is 0.174. The summed E-state index contributed by atoms with van der Waals surface area (Å²) in [4.78, 5) is 0. The zero-order valence-corrected chi connectivity index (χ0v) is 15.7. The molecule has 1 aromatic heterocycles. The highest BCUT2D eigenvalue weighted by molar-refractivity contribution is 9.11. The summed E-state index contributed by atoms with van der Waals surface area (Å²) < 4.78 is 28.3. The topological polar surface area (TPSA) is 37.4 Å². The molecule has 114 valence electrons. The van der Waals surface area contributed by atoms with E-state index in [1.807, 2.05) is 6.92 Å². The van der Waals surface area contributed by atoms with Crippen LogP contribution in [0, 0.1) is 12.3 Å². The highest BCUT2D eigenvalue weighted by Gasteiger charge is 2.34. The summed E-state index contributed by atoms with van der Waals surface area (Å²) >= 11 is 4.70. The van der Waals surface area contributed by atoms with Crippen molar-refractivity contribution in [3.63, 3.8) is 0 Å². The summed E-state index contributed by atoms with van der Waals surface area (Å²) in [7, 11) is -1.63. The Balaban J connectivity index is 2.18. The molecule has 1 aromatic rings. The quantitative estimate of drug-likeness (QED) is 0.779. The summed E-state index contributed by atoms with van der Waals surface area (Å²) in [5.74, 6) is 0. The minimum Gasteiger partial charge on any atom is -0.206 e. The largest absolute Gasteiger partial charge is 0.252 e. The van der Waals surface area contributed by atoms with Crippen LogP contribution < -0.4 is 0 Å². The molecule has 1 saturated carbocycles. The number of thiophene rings is 1. The van der Waals surface area contributed by atoms with Gasteiger partial charge in [-0.15, -0.1) is 11.3 Å². The summed E-state index contributed by atoms with van der Waals surface area (Å²) in [5, 5.41) is 0. The fourth-order valence-electron chi connectivity index (χ4n) is 2.64. The van der Waals surface area contributed by atoms with Crippen LogP contribution in [-0.2, 0) is 10.0 Å². The lowest BCUT2D eigenvalue weighted by Gasteiger charge is -2.37. The summed E-state index contributed by atoms with van der Waals surface area (Å²) in [6, 6.07) is 1.89. The van der Waals surface area contributed by atoms with E-state index >= 15 is 0 Å². The highest BCUT2D eigenvalue weighted by atomic mass is 79.9. The van der Waals surface area contributed by atoms with Crippen molar-refractivity contribution in [2.24, 2.45) is 5.41 Å². The second-order valence-corrected chi connectivity index (χ2v) is 11.0. The number of hydrogen-bond acceptors (Lipinski definition) is 3. The molecule has 1 heterocycles. The van der Waals surface area contributed by atoms with Crippen molar-refractivity contribution >= 4 is 37.3 Å². The molecular weight excluding hydrogens is 358 g/mol. The third-order valence-electron chi connectivity index (χ3n) is 4.29. The molecule has 6 heteroatoms. The van der Waals surface area contributed by atoms with Crippen LogP contribution in [0.25, 0.3) is 0 Å². The molecule has 0 bridgehead atoms. The minimum absolute atomic E-state index is 0.134. The van der Waals surface area contributed by atoms with Crippen LogP contribution in [0.5, 0.6) is 0 Å². The molecule has 0 spiro atoms. The standard InChI is InChI=1S/C14H22BrNO2S2/c1-10-9-12(19-13(10)15)20(17,18)16(4)11-5-7-14(2,3)8-6-11/h9,11H,5-8H2,1-4H3. The molecule has 0 aromatic carbocycles. The van der Waals surface area contributed by atoms with Crippen molar-refractivity contribution in [2.75, 3.05) is 7.05 Å². The molecule has 2 rings (SSSR count). The Labute approximate surface area is 134 Å². The maximum atomic E-state index is 12.7. The van der Waals surface area contributed by atoms with E-state index in [0.717, 1.165) is 35.0 Å². The average molecular weight is 380 g/mol.